The van der Waals surface area contributed by atoms with Crippen molar-refractivity contribution in [3.63, 3.8) is 0 Å². The van der Waals surface area contributed by atoms with Crippen LogP contribution in [0.25, 0.3) is 0 Å². The molecule has 14 heteroatoms. The van der Waals surface area contributed by atoms with E-state index in [2.05, 4.69) is 25.6 Å². The number of benzene rings is 1. The van der Waals surface area contributed by atoms with Gasteiger partial charge in [0.05, 0.1) is 15.8 Å². The molecule has 1 heterocycles. The second-order valence-electron chi connectivity index (χ2n) is 5.48. The summed E-state index contributed by atoms with van der Waals surface area (Å²) in [7, 11) is -2.90. The van der Waals surface area contributed by atoms with Gasteiger partial charge in [-0.25, -0.2) is 13.1 Å². The Morgan fingerprint density at radius 3 is 2.44 bits per heavy atom. The molecule has 0 radical (unpaired) electrons. The summed E-state index contributed by atoms with van der Waals surface area (Å²) in [4.78, 5) is 11.4. The van der Waals surface area contributed by atoms with Gasteiger partial charge in [-0.05, 0) is 36.4 Å². The van der Waals surface area contributed by atoms with Gasteiger partial charge in [-0.2, -0.15) is 0 Å². The Bertz CT molecular complexity index is 975. The number of nitrogens with one attached hydrogen (secondary N) is 1. The number of hydrogen-bond acceptors (Lipinski definition) is 7. The van der Waals surface area contributed by atoms with Crippen molar-refractivity contribution >= 4 is 33.3 Å². The standard InChI is InChI=1S/C13H13ClF3N5O4S/c1-6(2)27(24,25)10-8(26-13(15,16)17)5-4-7(9(10)14)11(23)18-12-19-20-21-22(12)3/h4-6H,1-3H3,(H,18,19,21,23). The highest BCUT2D eigenvalue weighted by Gasteiger charge is 2.37. The van der Waals surface area contributed by atoms with Crippen LogP contribution < -0.4 is 10.1 Å². The molecule has 0 aliphatic heterocycles. The Balaban J connectivity index is 2.59. The number of halogens is 4. The van der Waals surface area contributed by atoms with Gasteiger partial charge < -0.3 is 4.74 Å². The third-order valence-corrected chi connectivity index (χ3v) is 6.00. The van der Waals surface area contributed by atoms with Crippen molar-refractivity contribution in [2.75, 3.05) is 5.32 Å². The van der Waals surface area contributed by atoms with E-state index >= 15 is 0 Å². The van der Waals surface area contributed by atoms with Crippen molar-refractivity contribution in [1.82, 2.24) is 20.2 Å². The molecule has 0 aliphatic carbocycles. The first kappa shape index (κ1) is 20.9. The third-order valence-electron chi connectivity index (χ3n) is 3.28. The maximum atomic E-state index is 12.6. The number of carbonyl (C=O) groups excluding carboxylic acids is 1. The molecule has 0 saturated carbocycles. The number of alkyl halides is 3. The number of aromatic nitrogens is 4. The fourth-order valence-corrected chi connectivity index (χ4v) is 3.71. The lowest BCUT2D eigenvalue weighted by Gasteiger charge is -2.18. The number of ether oxygens (including phenoxy) is 1. The van der Waals surface area contributed by atoms with Crippen LogP contribution in [0.3, 0.4) is 0 Å². The average molecular weight is 428 g/mol. The summed E-state index contributed by atoms with van der Waals surface area (Å²) in [5.41, 5.74) is -0.395. The topological polar surface area (TPSA) is 116 Å². The van der Waals surface area contributed by atoms with Gasteiger partial charge in [0, 0.05) is 7.05 Å². The fraction of sp³-hybridized carbons (Fsp3) is 0.385. The molecule has 2 rings (SSSR count). The lowest BCUT2D eigenvalue weighted by molar-refractivity contribution is -0.275. The number of amides is 1. The maximum Gasteiger partial charge on any atom is 0.573 e. The predicted octanol–water partition coefficient (Wildman–Crippen LogP) is 2.20. The SMILES string of the molecule is CC(C)S(=O)(=O)c1c(OC(F)(F)F)ccc(C(=O)Nc2nnnn2C)c1Cl. The van der Waals surface area contributed by atoms with Gasteiger partial charge in [-0.1, -0.05) is 16.7 Å². The number of aryl methyl sites for hydroxylation is 1. The molecule has 1 aromatic heterocycles. The van der Waals surface area contributed by atoms with Gasteiger partial charge in [-0.3, -0.25) is 10.1 Å². The van der Waals surface area contributed by atoms with Crippen LogP contribution in [0.4, 0.5) is 19.1 Å². The lowest BCUT2D eigenvalue weighted by Crippen LogP contribution is -2.23. The molecule has 0 spiro atoms. The molecule has 27 heavy (non-hydrogen) atoms. The van der Waals surface area contributed by atoms with Gasteiger partial charge in [0.2, 0.25) is 5.95 Å². The summed E-state index contributed by atoms with van der Waals surface area (Å²) in [6.07, 6.45) is -5.15. The third kappa shape index (κ3) is 4.47. The molecule has 148 valence electrons. The van der Waals surface area contributed by atoms with Gasteiger partial charge in [0.15, 0.2) is 9.84 Å². The van der Waals surface area contributed by atoms with Crippen molar-refractivity contribution in [2.24, 2.45) is 7.05 Å². The molecular weight excluding hydrogens is 415 g/mol. The van der Waals surface area contributed by atoms with E-state index in [-0.39, 0.29) is 5.95 Å². The fourth-order valence-electron chi connectivity index (χ4n) is 1.92. The second kappa shape index (κ2) is 7.31. The summed E-state index contributed by atoms with van der Waals surface area (Å²) in [6, 6.07) is 1.61. The van der Waals surface area contributed by atoms with Crippen LogP contribution in [0.15, 0.2) is 17.0 Å². The summed E-state index contributed by atoms with van der Waals surface area (Å²) >= 11 is 6.00. The molecule has 9 nitrogen and oxygen atoms in total. The van der Waals surface area contributed by atoms with Crippen LogP contribution >= 0.6 is 11.6 Å². The summed E-state index contributed by atoms with van der Waals surface area (Å²) in [5, 5.41) is 10.7. The number of carbonyl (C=O) groups is 1. The zero-order chi connectivity index (χ0) is 20.6. The first-order valence-corrected chi connectivity index (χ1v) is 9.13. The summed E-state index contributed by atoms with van der Waals surface area (Å²) in [6.45, 7) is 2.50. The minimum absolute atomic E-state index is 0.0834. The Hall–Kier alpha value is -2.41. The van der Waals surface area contributed by atoms with Crippen LogP contribution in [0.2, 0.25) is 5.02 Å². The molecule has 1 N–H and O–H groups in total. The minimum atomic E-state index is -5.15. The zero-order valence-electron chi connectivity index (χ0n) is 14.1. The van der Waals surface area contributed by atoms with Crippen LogP contribution in [-0.2, 0) is 16.9 Å². The van der Waals surface area contributed by atoms with E-state index in [9.17, 15) is 26.4 Å². The molecule has 1 aromatic carbocycles. The van der Waals surface area contributed by atoms with Crippen molar-refractivity contribution in [3.05, 3.63) is 22.7 Å². The Labute approximate surface area is 156 Å². The van der Waals surface area contributed by atoms with Crippen LogP contribution in [0.5, 0.6) is 5.75 Å². The van der Waals surface area contributed by atoms with Crippen molar-refractivity contribution in [3.8, 4) is 5.75 Å². The van der Waals surface area contributed by atoms with E-state index in [1.807, 2.05) is 0 Å². The van der Waals surface area contributed by atoms with E-state index in [0.717, 1.165) is 10.7 Å². The van der Waals surface area contributed by atoms with E-state index in [4.69, 9.17) is 11.6 Å². The quantitative estimate of drug-likeness (QED) is 0.777. The smallest absolute Gasteiger partial charge is 0.404 e. The first-order valence-electron chi connectivity index (χ1n) is 7.20. The number of rotatable bonds is 5. The Morgan fingerprint density at radius 2 is 1.96 bits per heavy atom. The Morgan fingerprint density at radius 1 is 1.33 bits per heavy atom. The van der Waals surface area contributed by atoms with Crippen molar-refractivity contribution in [1.29, 1.82) is 0 Å². The number of sulfone groups is 1. The monoisotopic (exact) mass is 427 g/mol. The van der Waals surface area contributed by atoms with Gasteiger partial charge in [-0.15, -0.1) is 13.2 Å². The summed E-state index contributed by atoms with van der Waals surface area (Å²) < 4.78 is 67.8. The molecule has 0 unspecified atom stereocenters. The largest absolute Gasteiger partial charge is 0.573 e. The van der Waals surface area contributed by atoms with Crippen LogP contribution in [-0.4, -0.2) is 46.1 Å². The Kier molecular flexibility index (Phi) is 5.65. The highest BCUT2D eigenvalue weighted by atomic mass is 35.5. The van der Waals surface area contributed by atoms with Crippen molar-refractivity contribution < 1.29 is 31.1 Å². The first-order chi connectivity index (χ1) is 12.3. The molecule has 0 atom stereocenters. The lowest BCUT2D eigenvalue weighted by atomic mass is 10.2. The second-order valence-corrected chi connectivity index (χ2v) is 8.30. The average Bonchev–Trinajstić information content (AvgIpc) is 2.90. The van der Waals surface area contributed by atoms with Crippen LogP contribution in [0.1, 0.15) is 24.2 Å². The van der Waals surface area contributed by atoms with E-state index in [1.165, 1.54) is 20.9 Å². The molecule has 0 aliphatic rings. The molecule has 0 bridgehead atoms. The van der Waals surface area contributed by atoms with Crippen LogP contribution in [0, 0.1) is 0 Å². The zero-order valence-corrected chi connectivity index (χ0v) is 15.6. The minimum Gasteiger partial charge on any atom is -0.404 e. The van der Waals surface area contributed by atoms with E-state index < -0.39 is 48.6 Å². The summed E-state index contributed by atoms with van der Waals surface area (Å²) in [5.74, 6) is -2.03. The van der Waals surface area contributed by atoms with Gasteiger partial charge in [0.25, 0.3) is 5.91 Å². The van der Waals surface area contributed by atoms with Gasteiger partial charge >= 0.3 is 6.36 Å². The molecule has 0 fully saturated rings. The van der Waals surface area contributed by atoms with E-state index in [1.54, 1.807) is 0 Å². The molecular formula is C13H13ClF3N5O4S. The normalized spacial score (nSPS) is 12.3. The number of tetrazole rings is 1. The highest BCUT2D eigenvalue weighted by molar-refractivity contribution is 7.92. The van der Waals surface area contributed by atoms with E-state index in [0.29, 0.717) is 6.07 Å². The number of hydrogen-bond donors (Lipinski definition) is 1. The van der Waals surface area contributed by atoms with Crippen molar-refractivity contribution in [2.45, 2.75) is 30.4 Å². The highest BCUT2D eigenvalue weighted by Crippen LogP contribution is 2.39. The number of nitrogens with zero attached hydrogens (tertiary/aromatic N) is 4. The molecule has 0 saturated heterocycles. The molecule has 2 aromatic rings. The van der Waals surface area contributed by atoms with Gasteiger partial charge in [0.1, 0.15) is 10.6 Å². The maximum absolute atomic E-state index is 12.6. The number of anilines is 1. The predicted molar refractivity (Wildman–Crippen MR) is 87.2 cm³/mol. The molecule has 1 amide bonds.